The highest BCUT2D eigenvalue weighted by Crippen LogP contribution is 2.34. The molecular weight excluding hydrogens is 414 g/mol. The lowest BCUT2D eigenvalue weighted by molar-refractivity contribution is 0.0169. The van der Waals surface area contributed by atoms with Crippen molar-refractivity contribution in [1.82, 2.24) is 14.7 Å². The minimum absolute atomic E-state index is 0.191. The molecule has 0 saturated carbocycles. The Morgan fingerprint density at radius 1 is 1.12 bits per heavy atom. The number of para-hydroxylation sites is 1. The van der Waals surface area contributed by atoms with E-state index in [4.69, 9.17) is 21.0 Å². The van der Waals surface area contributed by atoms with Crippen molar-refractivity contribution in [3.63, 3.8) is 0 Å². The van der Waals surface area contributed by atoms with Crippen molar-refractivity contribution in [2.24, 2.45) is 7.05 Å². The fraction of sp³-hybridized carbons (Fsp3) is 0.370. The van der Waals surface area contributed by atoms with Gasteiger partial charge in [-0.1, -0.05) is 61.4 Å². The Labute approximate surface area is 196 Å². The number of aryl methyl sites for hydroxylation is 1. The first kappa shape index (κ1) is 24.5. The standard InChI is InChI=1S/C27H33N3O3/c1-5-17-32-20-23(31)18-30(21(3)6-2)19-25-26(22-13-9-7-10-14-22)28-29(4)27(25)33-24-15-11-8-12-16-24/h1,7-16,21,23,31H,6,17-20H2,2-4H3. The lowest BCUT2D eigenvalue weighted by atomic mass is 10.1. The molecule has 0 aliphatic heterocycles. The molecule has 0 aliphatic rings. The van der Waals surface area contributed by atoms with Crippen LogP contribution in [0.1, 0.15) is 25.8 Å². The summed E-state index contributed by atoms with van der Waals surface area (Å²) in [6.45, 7) is 5.71. The lowest BCUT2D eigenvalue weighted by Crippen LogP contribution is -2.40. The van der Waals surface area contributed by atoms with Gasteiger partial charge in [0.2, 0.25) is 5.88 Å². The van der Waals surface area contributed by atoms with Crippen LogP contribution in [-0.4, -0.2) is 51.7 Å². The van der Waals surface area contributed by atoms with E-state index in [0.29, 0.717) is 19.0 Å². The molecule has 174 valence electrons. The number of aliphatic hydroxyl groups is 1. The summed E-state index contributed by atoms with van der Waals surface area (Å²) in [5.74, 6) is 3.87. The van der Waals surface area contributed by atoms with Crippen LogP contribution >= 0.6 is 0 Å². The van der Waals surface area contributed by atoms with Gasteiger partial charge in [0.15, 0.2) is 0 Å². The van der Waals surface area contributed by atoms with E-state index < -0.39 is 6.10 Å². The lowest BCUT2D eigenvalue weighted by Gasteiger charge is -2.30. The average molecular weight is 448 g/mol. The largest absolute Gasteiger partial charge is 0.439 e. The monoisotopic (exact) mass is 447 g/mol. The molecule has 0 spiro atoms. The van der Waals surface area contributed by atoms with E-state index in [1.165, 1.54) is 0 Å². The summed E-state index contributed by atoms with van der Waals surface area (Å²) in [6, 6.07) is 20.0. The van der Waals surface area contributed by atoms with Crippen molar-refractivity contribution in [3.05, 3.63) is 66.2 Å². The molecule has 33 heavy (non-hydrogen) atoms. The van der Waals surface area contributed by atoms with Gasteiger partial charge in [0, 0.05) is 31.7 Å². The molecule has 0 radical (unpaired) electrons. The maximum absolute atomic E-state index is 10.6. The normalized spacial score (nSPS) is 13.0. The molecule has 0 fully saturated rings. The highest BCUT2D eigenvalue weighted by molar-refractivity contribution is 5.65. The second-order valence-corrected chi connectivity index (χ2v) is 8.10. The van der Waals surface area contributed by atoms with E-state index in [9.17, 15) is 5.11 Å². The van der Waals surface area contributed by atoms with Crippen molar-refractivity contribution in [2.45, 2.75) is 39.0 Å². The number of aliphatic hydroxyl groups excluding tert-OH is 1. The van der Waals surface area contributed by atoms with E-state index in [2.05, 4.69) is 24.7 Å². The zero-order valence-electron chi connectivity index (χ0n) is 19.6. The quantitative estimate of drug-likeness (QED) is 0.327. The molecule has 3 rings (SSSR count). The molecule has 0 amide bonds. The molecule has 0 aliphatic carbocycles. The summed E-state index contributed by atoms with van der Waals surface area (Å²) >= 11 is 0. The molecular formula is C27H33N3O3. The molecule has 0 saturated heterocycles. The fourth-order valence-electron chi connectivity index (χ4n) is 3.69. The summed E-state index contributed by atoms with van der Waals surface area (Å²) in [5, 5.41) is 15.4. The van der Waals surface area contributed by atoms with Gasteiger partial charge in [-0.2, -0.15) is 5.10 Å². The van der Waals surface area contributed by atoms with Crippen LogP contribution < -0.4 is 4.74 Å². The first-order valence-electron chi connectivity index (χ1n) is 11.3. The van der Waals surface area contributed by atoms with E-state index in [0.717, 1.165) is 29.0 Å². The van der Waals surface area contributed by atoms with Crippen LogP contribution in [-0.2, 0) is 18.3 Å². The minimum Gasteiger partial charge on any atom is -0.439 e. The number of benzene rings is 2. The highest BCUT2D eigenvalue weighted by Gasteiger charge is 2.25. The molecule has 2 unspecified atom stereocenters. The summed E-state index contributed by atoms with van der Waals surface area (Å²) in [4.78, 5) is 2.24. The SMILES string of the molecule is C#CCOCC(O)CN(Cc1c(-c2ccccc2)nn(C)c1Oc1ccccc1)C(C)CC. The van der Waals surface area contributed by atoms with Gasteiger partial charge in [0.05, 0.1) is 18.3 Å². The van der Waals surface area contributed by atoms with E-state index in [1.807, 2.05) is 67.7 Å². The summed E-state index contributed by atoms with van der Waals surface area (Å²) in [6.07, 6.45) is 5.54. The number of aromatic nitrogens is 2. The Kier molecular flexibility index (Phi) is 9.08. The third kappa shape index (κ3) is 6.69. The maximum atomic E-state index is 10.6. The second-order valence-electron chi connectivity index (χ2n) is 8.10. The Morgan fingerprint density at radius 2 is 1.79 bits per heavy atom. The van der Waals surface area contributed by atoms with Gasteiger partial charge in [-0.25, -0.2) is 4.68 Å². The smallest absolute Gasteiger partial charge is 0.222 e. The minimum atomic E-state index is -0.650. The van der Waals surface area contributed by atoms with Gasteiger partial charge >= 0.3 is 0 Å². The Hall–Kier alpha value is -3.11. The zero-order valence-corrected chi connectivity index (χ0v) is 19.6. The molecule has 1 heterocycles. The van der Waals surface area contributed by atoms with Crippen molar-refractivity contribution >= 4 is 0 Å². The van der Waals surface area contributed by atoms with Crippen LogP contribution in [0.4, 0.5) is 0 Å². The van der Waals surface area contributed by atoms with Crippen LogP contribution in [0.15, 0.2) is 60.7 Å². The topological polar surface area (TPSA) is 59.8 Å². The van der Waals surface area contributed by atoms with Gasteiger partial charge in [0.25, 0.3) is 0 Å². The summed E-state index contributed by atoms with van der Waals surface area (Å²) < 4.78 is 13.4. The van der Waals surface area contributed by atoms with E-state index in [-0.39, 0.29) is 19.3 Å². The van der Waals surface area contributed by atoms with Crippen molar-refractivity contribution in [1.29, 1.82) is 0 Å². The van der Waals surface area contributed by atoms with Gasteiger partial charge in [-0.05, 0) is 25.5 Å². The van der Waals surface area contributed by atoms with Gasteiger partial charge < -0.3 is 14.6 Å². The van der Waals surface area contributed by atoms with Crippen molar-refractivity contribution in [3.8, 4) is 35.2 Å². The third-order valence-electron chi connectivity index (χ3n) is 5.61. The number of nitrogens with zero attached hydrogens (tertiary/aromatic N) is 3. The van der Waals surface area contributed by atoms with Crippen LogP contribution in [0, 0.1) is 12.3 Å². The third-order valence-corrected chi connectivity index (χ3v) is 5.61. The van der Waals surface area contributed by atoms with Crippen LogP contribution in [0.2, 0.25) is 0 Å². The summed E-state index contributed by atoms with van der Waals surface area (Å²) in [5.41, 5.74) is 2.87. The first-order chi connectivity index (χ1) is 16.0. The Bertz CT molecular complexity index is 1030. The molecule has 2 aromatic carbocycles. The Balaban J connectivity index is 1.95. The number of rotatable bonds is 12. The van der Waals surface area contributed by atoms with Crippen LogP contribution in [0.25, 0.3) is 11.3 Å². The molecule has 3 aromatic rings. The second kappa shape index (κ2) is 12.2. The number of hydrogen-bond donors (Lipinski definition) is 1. The molecule has 1 aromatic heterocycles. The zero-order chi connectivity index (χ0) is 23.6. The first-order valence-corrected chi connectivity index (χ1v) is 11.3. The molecule has 2 atom stereocenters. The van der Waals surface area contributed by atoms with Gasteiger partial charge in [-0.15, -0.1) is 6.42 Å². The molecule has 0 bridgehead atoms. The number of ether oxygens (including phenoxy) is 2. The van der Waals surface area contributed by atoms with Crippen LogP contribution in [0.5, 0.6) is 11.6 Å². The molecule has 6 nitrogen and oxygen atoms in total. The fourth-order valence-corrected chi connectivity index (χ4v) is 3.69. The number of terminal acetylenes is 1. The predicted molar refractivity (Wildman–Crippen MR) is 131 cm³/mol. The Morgan fingerprint density at radius 3 is 2.42 bits per heavy atom. The van der Waals surface area contributed by atoms with Gasteiger partial charge in [-0.3, -0.25) is 4.90 Å². The highest BCUT2D eigenvalue weighted by atomic mass is 16.5. The average Bonchev–Trinajstić information content (AvgIpc) is 3.14. The number of hydrogen-bond acceptors (Lipinski definition) is 5. The van der Waals surface area contributed by atoms with E-state index in [1.54, 1.807) is 4.68 Å². The summed E-state index contributed by atoms with van der Waals surface area (Å²) in [7, 11) is 1.89. The molecule has 6 heteroatoms. The molecule has 1 N–H and O–H groups in total. The maximum Gasteiger partial charge on any atom is 0.222 e. The van der Waals surface area contributed by atoms with Crippen molar-refractivity contribution < 1.29 is 14.6 Å². The van der Waals surface area contributed by atoms with Crippen molar-refractivity contribution in [2.75, 3.05) is 19.8 Å². The predicted octanol–water partition coefficient (Wildman–Crippen LogP) is 4.49. The van der Waals surface area contributed by atoms with E-state index >= 15 is 0 Å². The van der Waals surface area contributed by atoms with Gasteiger partial charge in [0.1, 0.15) is 18.1 Å². The van der Waals surface area contributed by atoms with Crippen LogP contribution in [0.3, 0.4) is 0 Å².